The van der Waals surface area contributed by atoms with Crippen LogP contribution in [-0.2, 0) is 15.4 Å². The van der Waals surface area contributed by atoms with Crippen LogP contribution in [0.25, 0.3) is 0 Å². The van der Waals surface area contributed by atoms with Gasteiger partial charge in [-0.3, -0.25) is 0 Å². The molecule has 1 aromatic heterocycles. The van der Waals surface area contributed by atoms with Gasteiger partial charge in [-0.05, 0) is 38.2 Å². The van der Waals surface area contributed by atoms with E-state index in [2.05, 4.69) is 35.9 Å². The Bertz CT molecular complexity index is 745. The van der Waals surface area contributed by atoms with E-state index in [1.54, 1.807) is 13.8 Å². The summed E-state index contributed by atoms with van der Waals surface area (Å²) >= 11 is 0. The Kier molecular flexibility index (Phi) is 4.96. The minimum Gasteiger partial charge on any atom is -0.360 e. The third-order valence-electron chi connectivity index (χ3n) is 3.96. The van der Waals surface area contributed by atoms with Gasteiger partial charge in [0.25, 0.3) is 0 Å². The van der Waals surface area contributed by atoms with Crippen molar-refractivity contribution in [1.29, 1.82) is 0 Å². The van der Waals surface area contributed by atoms with Gasteiger partial charge >= 0.3 is 0 Å². The van der Waals surface area contributed by atoms with E-state index in [1.165, 1.54) is 5.56 Å². The number of rotatable bonds is 6. The lowest BCUT2D eigenvalue weighted by Gasteiger charge is -2.29. The molecule has 0 saturated carbocycles. The Morgan fingerprint density at radius 3 is 2.35 bits per heavy atom. The highest BCUT2D eigenvalue weighted by Gasteiger charge is 2.29. The number of aromatic nitrogens is 1. The predicted octanol–water partition coefficient (Wildman–Crippen LogP) is 3.33. The first-order chi connectivity index (χ1) is 10.6. The topological polar surface area (TPSA) is 72.2 Å². The monoisotopic (exact) mass is 336 g/mol. The van der Waals surface area contributed by atoms with Crippen LogP contribution in [0.1, 0.15) is 44.2 Å². The summed E-state index contributed by atoms with van der Waals surface area (Å²) in [5.41, 5.74) is 1.43. The number of nitrogens with one attached hydrogen (secondary N) is 1. The maximum atomic E-state index is 12.6. The predicted molar refractivity (Wildman–Crippen MR) is 89.8 cm³/mol. The molecule has 1 unspecified atom stereocenters. The Labute approximate surface area is 138 Å². The van der Waals surface area contributed by atoms with Gasteiger partial charge in [0.15, 0.2) is 5.76 Å². The molecule has 0 bridgehead atoms. The Balaban J connectivity index is 2.15. The third-order valence-corrected chi connectivity index (χ3v) is 5.80. The Morgan fingerprint density at radius 1 is 1.22 bits per heavy atom. The molecule has 23 heavy (non-hydrogen) atoms. The average Bonchev–Trinajstić information content (AvgIpc) is 2.78. The lowest BCUT2D eigenvalue weighted by Crippen LogP contribution is -2.37. The Hall–Kier alpha value is -1.66. The SMILES string of the molecule is Cc1noc(C)c1S(=O)(=O)NC(C)CC(C)(C)c1ccccc1. The summed E-state index contributed by atoms with van der Waals surface area (Å²) < 4.78 is 32.8. The van der Waals surface area contributed by atoms with Crippen molar-refractivity contribution in [3.63, 3.8) is 0 Å². The molecule has 5 nitrogen and oxygen atoms in total. The normalized spacial score (nSPS) is 14.0. The van der Waals surface area contributed by atoms with Gasteiger partial charge in [0.1, 0.15) is 10.6 Å². The highest BCUT2D eigenvalue weighted by atomic mass is 32.2. The van der Waals surface area contributed by atoms with Crippen molar-refractivity contribution >= 4 is 10.0 Å². The van der Waals surface area contributed by atoms with Gasteiger partial charge in [-0.15, -0.1) is 0 Å². The fourth-order valence-corrected chi connectivity index (χ4v) is 4.57. The number of benzene rings is 1. The van der Waals surface area contributed by atoms with Crippen LogP contribution in [0.5, 0.6) is 0 Å². The van der Waals surface area contributed by atoms with E-state index < -0.39 is 10.0 Å². The van der Waals surface area contributed by atoms with Crippen LogP contribution in [-0.4, -0.2) is 19.6 Å². The summed E-state index contributed by atoms with van der Waals surface area (Å²) in [6.07, 6.45) is 0.680. The van der Waals surface area contributed by atoms with Crippen molar-refractivity contribution in [3.05, 3.63) is 47.3 Å². The van der Waals surface area contributed by atoms with Gasteiger partial charge in [0, 0.05) is 6.04 Å². The molecule has 0 saturated heterocycles. The van der Waals surface area contributed by atoms with E-state index in [9.17, 15) is 8.42 Å². The maximum absolute atomic E-state index is 12.6. The molecule has 0 fully saturated rings. The fraction of sp³-hybridized carbons (Fsp3) is 0.471. The molecule has 2 aromatic rings. The minimum absolute atomic E-state index is 0.137. The maximum Gasteiger partial charge on any atom is 0.246 e. The van der Waals surface area contributed by atoms with Crippen LogP contribution >= 0.6 is 0 Å². The van der Waals surface area contributed by atoms with E-state index in [1.807, 2.05) is 25.1 Å². The highest BCUT2D eigenvalue weighted by molar-refractivity contribution is 7.89. The van der Waals surface area contributed by atoms with Gasteiger partial charge in [0.2, 0.25) is 10.0 Å². The van der Waals surface area contributed by atoms with E-state index >= 15 is 0 Å². The second kappa shape index (κ2) is 6.45. The van der Waals surface area contributed by atoms with Gasteiger partial charge in [-0.1, -0.05) is 49.3 Å². The summed E-state index contributed by atoms with van der Waals surface area (Å²) in [5.74, 6) is 0.310. The molecule has 1 heterocycles. The first-order valence-electron chi connectivity index (χ1n) is 7.64. The van der Waals surface area contributed by atoms with Gasteiger partial charge in [-0.2, -0.15) is 0 Å². The zero-order valence-corrected chi connectivity index (χ0v) is 15.1. The van der Waals surface area contributed by atoms with Crippen LogP contribution in [0.15, 0.2) is 39.8 Å². The molecule has 6 heteroatoms. The zero-order valence-electron chi connectivity index (χ0n) is 14.3. The lowest BCUT2D eigenvalue weighted by atomic mass is 9.79. The van der Waals surface area contributed by atoms with E-state index in [0.717, 1.165) is 0 Å². The molecule has 126 valence electrons. The van der Waals surface area contributed by atoms with E-state index in [4.69, 9.17) is 4.52 Å². The van der Waals surface area contributed by atoms with Gasteiger partial charge in [-0.25, -0.2) is 13.1 Å². The summed E-state index contributed by atoms with van der Waals surface area (Å²) in [6.45, 7) is 9.34. The number of sulfonamides is 1. The van der Waals surface area contributed by atoms with Gasteiger partial charge < -0.3 is 4.52 Å². The van der Waals surface area contributed by atoms with Crippen LogP contribution < -0.4 is 4.72 Å². The summed E-state index contributed by atoms with van der Waals surface area (Å²) in [5, 5.41) is 3.72. The van der Waals surface area contributed by atoms with Crippen LogP contribution in [0.3, 0.4) is 0 Å². The summed E-state index contributed by atoms with van der Waals surface area (Å²) in [7, 11) is -3.64. The largest absolute Gasteiger partial charge is 0.360 e. The minimum atomic E-state index is -3.64. The van der Waals surface area contributed by atoms with E-state index in [-0.39, 0.29) is 16.4 Å². The molecule has 0 amide bonds. The lowest BCUT2D eigenvalue weighted by molar-refractivity contribution is 0.390. The summed E-state index contributed by atoms with van der Waals surface area (Å²) in [6, 6.07) is 9.88. The molecule has 0 aliphatic heterocycles. The number of hydrogen-bond donors (Lipinski definition) is 1. The molecule has 0 spiro atoms. The third kappa shape index (κ3) is 4.00. The van der Waals surface area contributed by atoms with Crippen LogP contribution in [0.2, 0.25) is 0 Å². The van der Waals surface area contributed by atoms with Gasteiger partial charge in [0.05, 0.1) is 0 Å². The van der Waals surface area contributed by atoms with Crippen molar-refractivity contribution < 1.29 is 12.9 Å². The average molecular weight is 336 g/mol. The molecule has 2 rings (SSSR count). The summed E-state index contributed by atoms with van der Waals surface area (Å²) in [4.78, 5) is 0.141. The van der Waals surface area contributed by atoms with Crippen LogP contribution in [0.4, 0.5) is 0 Å². The number of nitrogens with zero attached hydrogens (tertiary/aromatic N) is 1. The van der Waals surface area contributed by atoms with Crippen molar-refractivity contribution in [2.45, 2.75) is 57.4 Å². The highest BCUT2D eigenvalue weighted by Crippen LogP contribution is 2.29. The van der Waals surface area contributed by atoms with Crippen molar-refractivity contribution in [3.8, 4) is 0 Å². The molecule has 0 radical (unpaired) electrons. The standard InChI is InChI=1S/C17H24N2O3S/c1-12(11-17(4,5)15-9-7-6-8-10-15)19-23(20,21)16-13(2)18-22-14(16)3/h6-10,12,19H,11H2,1-5H3. The second-order valence-electron chi connectivity index (χ2n) is 6.63. The molecule has 1 aromatic carbocycles. The Morgan fingerprint density at radius 2 is 1.83 bits per heavy atom. The molecule has 0 aliphatic rings. The first kappa shape index (κ1) is 17.7. The quantitative estimate of drug-likeness (QED) is 0.878. The van der Waals surface area contributed by atoms with Crippen molar-refractivity contribution in [2.24, 2.45) is 0 Å². The molecule has 1 atom stereocenters. The molecule has 0 aliphatic carbocycles. The second-order valence-corrected chi connectivity index (χ2v) is 8.28. The molecular formula is C17H24N2O3S. The molecule has 1 N–H and O–H groups in total. The van der Waals surface area contributed by atoms with Crippen molar-refractivity contribution in [2.75, 3.05) is 0 Å². The first-order valence-corrected chi connectivity index (χ1v) is 9.12. The number of aryl methyl sites for hydroxylation is 2. The zero-order chi connectivity index (χ0) is 17.3. The van der Waals surface area contributed by atoms with Crippen LogP contribution in [0, 0.1) is 13.8 Å². The fourth-order valence-electron chi connectivity index (χ4n) is 3.00. The molecular weight excluding hydrogens is 312 g/mol. The number of hydrogen-bond acceptors (Lipinski definition) is 4. The van der Waals surface area contributed by atoms with E-state index in [0.29, 0.717) is 17.9 Å². The van der Waals surface area contributed by atoms with Crippen molar-refractivity contribution in [1.82, 2.24) is 9.88 Å². The smallest absolute Gasteiger partial charge is 0.246 e.